The quantitative estimate of drug-likeness (QED) is 0.772. The standard InChI is InChI=1S/C13H21N3/c1-3-14-12-5-4-6-13(16-12)15-10(2)9-11-7-8-11/h4-6,10-11H,3,7-9H2,1-2H3,(H2,14,15,16). The Hall–Kier alpha value is -1.25. The van der Waals surface area contributed by atoms with Gasteiger partial charge in [0.1, 0.15) is 11.6 Å². The molecule has 0 aromatic carbocycles. The number of pyridine rings is 1. The van der Waals surface area contributed by atoms with Gasteiger partial charge in [-0.3, -0.25) is 0 Å². The van der Waals surface area contributed by atoms with Gasteiger partial charge in [-0.05, 0) is 38.3 Å². The van der Waals surface area contributed by atoms with Gasteiger partial charge in [-0.25, -0.2) is 4.98 Å². The molecule has 1 atom stereocenters. The summed E-state index contributed by atoms with van der Waals surface area (Å²) in [5.41, 5.74) is 0. The number of nitrogens with one attached hydrogen (secondary N) is 2. The summed E-state index contributed by atoms with van der Waals surface area (Å²) < 4.78 is 0. The van der Waals surface area contributed by atoms with Crippen molar-refractivity contribution < 1.29 is 0 Å². The van der Waals surface area contributed by atoms with Crippen LogP contribution >= 0.6 is 0 Å². The maximum atomic E-state index is 4.51. The van der Waals surface area contributed by atoms with Crippen LogP contribution < -0.4 is 10.6 Å². The second-order valence-corrected chi connectivity index (χ2v) is 4.66. The Morgan fingerprint density at radius 3 is 2.81 bits per heavy atom. The van der Waals surface area contributed by atoms with Crippen molar-refractivity contribution in [3.63, 3.8) is 0 Å². The Balaban J connectivity index is 1.88. The first-order valence-electron chi connectivity index (χ1n) is 6.25. The molecule has 2 N–H and O–H groups in total. The fourth-order valence-electron chi connectivity index (χ4n) is 1.96. The third-order valence-corrected chi connectivity index (χ3v) is 2.89. The van der Waals surface area contributed by atoms with Crippen molar-refractivity contribution in [3.05, 3.63) is 18.2 Å². The fourth-order valence-corrected chi connectivity index (χ4v) is 1.96. The molecule has 16 heavy (non-hydrogen) atoms. The van der Waals surface area contributed by atoms with Crippen LogP contribution in [-0.2, 0) is 0 Å². The summed E-state index contributed by atoms with van der Waals surface area (Å²) >= 11 is 0. The number of anilines is 2. The Bertz CT molecular complexity index is 334. The maximum Gasteiger partial charge on any atom is 0.128 e. The number of rotatable bonds is 6. The lowest BCUT2D eigenvalue weighted by atomic mass is 10.1. The number of hydrogen-bond donors (Lipinski definition) is 2. The van der Waals surface area contributed by atoms with Crippen LogP contribution in [0.3, 0.4) is 0 Å². The van der Waals surface area contributed by atoms with E-state index in [4.69, 9.17) is 0 Å². The van der Waals surface area contributed by atoms with E-state index in [-0.39, 0.29) is 0 Å². The highest BCUT2D eigenvalue weighted by atomic mass is 15.1. The highest BCUT2D eigenvalue weighted by Gasteiger charge is 2.23. The van der Waals surface area contributed by atoms with Crippen LogP contribution in [-0.4, -0.2) is 17.6 Å². The van der Waals surface area contributed by atoms with Crippen molar-refractivity contribution in [1.29, 1.82) is 0 Å². The Morgan fingerprint density at radius 2 is 2.12 bits per heavy atom. The predicted molar refractivity (Wildman–Crippen MR) is 68.8 cm³/mol. The normalized spacial score (nSPS) is 16.9. The Morgan fingerprint density at radius 1 is 1.38 bits per heavy atom. The molecule has 0 radical (unpaired) electrons. The van der Waals surface area contributed by atoms with Crippen LogP contribution in [0.5, 0.6) is 0 Å². The number of nitrogens with zero attached hydrogens (tertiary/aromatic N) is 1. The molecule has 2 rings (SSSR count). The van der Waals surface area contributed by atoms with Gasteiger partial charge in [0.15, 0.2) is 0 Å². The van der Waals surface area contributed by atoms with E-state index in [1.807, 2.05) is 18.2 Å². The lowest BCUT2D eigenvalue weighted by Crippen LogP contribution is -2.16. The molecule has 1 unspecified atom stereocenters. The summed E-state index contributed by atoms with van der Waals surface area (Å²) in [6.45, 7) is 5.23. The van der Waals surface area contributed by atoms with Crippen molar-refractivity contribution in [2.75, 3.05) is 17.2 Å². The molecule has 0 saturated heterocycles. The molecule has 0 amide bonds. The molecule has 0 aliphatic heterocycles. The van der Waals surface area contributed by atoms with Crippen molar-refractivity contribution in [2.45, 2.75) is 39.2 Å². The van der Waals surface area contributed by atoms with E-state index >= 15 is 0 Å². The van der Waals surface area contributed by atoms with Crippen molar-refractivity contribution >= 4 is 11.6 Å². The molecule has 3 nitrogen and oxygen atoms in total. The predicted octanol–water partition coefficient (Wildman–Crippen LogP) is 3.11. The van der Waals surface area contributed by atoms with Crippen molar-refractivity contribution in [3.8, 4) is 0 Å². The minimum Gasteiger partial charge on any atom is -0.370 e. The smallest absolute Gasteiger partial charge is 0.128 e. The van der Waals surface area contributed by atoms with E-state index in [9.17, 15) is 0 Å². The SMILES string of the molecule is CCNc1cccc(NC(C)CC2CC2)n1. The van der Waals surface area contributed by atoms with E-state index < -0.39 is 0 Å². The molecule has 1 aliphatic carbocycles. The highest BCUT2D eigenvalue weighted by molar-refractivity contribution is 5.45. The molecular formula is C13H21N3. The van der Waals surface area contributed by atoms with Crippen LogP contribution in [0.1, 0.15) is 33.1 Å². The summed E-state index contributed by atoms with van der Waals surface area (Å²) in [6.07, 6.45) is 4.10. The van der Waals surface area contributed by atoms with E-state index in [1.165, 1.54) is 19.3 Å². The molecule has 1 heterocycles. The zero-order chi connectivity index (χ0) is 11.4. The van der Waals surface area contributed by atoms with Gasteiger partial charge in [0.05, 0.1) is 0 Å². The maximum absolute atomic E-state index is 4.51. The summed E-state index contributed by atoms with van der Waals surface area (Å²) in [5.74, 6) is 2.89. The molecule has 1 aromatic heterocycles. The van der Waals surface area contributed by atoms with Gasteiger partial charge < -0.3 is 10.6 Å². The van der Waals surface area contributed by atoms with Crippen LogP contribution in [0.2, 0.25) is 0 Å². The molecule has 0 bridgehead atoms. The largest absolute Gasteiger partial charge is 0.370 e. The van der Waals surface area contributed by atoms with Crippen LogP contribution in [0.25, 0.3) is 0 Å². The molecular weight excluding hydrogens is 198 g/mol. The van der Waals surface area contributed by atoms with E-state index in [0.717, 1.165) is 24.1 Å². The summed E-state index contributed by atoms with van der Waals surface area (Å²) in [4.78, 5) is 4.51. The third-order valence-electron chi connectivity index (χ3n) is 2.89. The summed E-state index contributed by atoms with van der Waals surface area (Å²) in [7, 11) is 0. The van der Waals surface area contributed by atoms with Gasteiger partial charge in [0.25, 0.3) is 0 Å². The average Bonchev–Trinajstić information content (AvgIpc) is 3.02. The van der Waals surface area contributed by atoms with Gasteiger partial charge in [-0.2, -0.15) is 0 Å². The molecule has 88 valence electrons. The number of aromatic nitrogens is 1. The number of hydrogen-bond acceptors (Lipinski definition) is 3. The van der Waals surface area contributed by atoms with E-state index in [1.54, 1.807) is 0 Å². The molecule has 0 spiro atoms. The third kappa shape index (κ3) is 3.40. The zero-order valence-corrected chi connectivity index (χ0v) is 10.2. The zero-order valence-electron chi connectivity index (χ0n) is 10.2. The molecule has 3 heteroatoms. The van der Waals surface area contributed by atoms with Crippen LogP contribution in [0, 0.1) is 5.92 Å². The van der Waals surface area contributed by atoms with E-state index in [0.29, 0.717) is 6.04 Å². The first-order chi connectivity index (χ1) is 7.78. The van der Waals surface area contributed by atoms with Gasteiger partial charge in [0, 0.05) is 12.6 Å². The van der Waals surface area contributed by atoms with Crippen molar-refractivity contribution in [2.24, 2.45) is 5.92 Å². The van der Waals surface area contributed by atoms with Crippen LogP contribution in [0.4, 0.5) is 11.6 Å². The fraction of sp³-hybridized carbons (Fsp3) is 0.615. The summed E-state index contributed by atoms with van der Waals surface area (Å²) in [5, 5.41) is 6.68. The van der Waals surface area contributed by atoms with Gasteiger partial charge in [0.2, 0.25) is 0 Å². The molecule has 1 saturated carbocycles. The average molecular weight is 219 g/mol. The van der Waals surface area contributed by atoms with E-state index in [2.05, 4.69) is 29.5 Å². The molecule has 1 fully saturated rings. The van der Waals surface area contributed by atoms with Gasteiger partial charge in [-0.15, -0.1) is 0 Å². The first-order valence-corrected chi connectivity index (χ1v) is 6.25. The van der Waals surface area contributed by atoms with Gasteiger partial charge >= 0.3 is 0 Å². The minimum atomic E-state index is 0.525. The second-order valence-electron chi connectivity index (χ2n) is 4.66. The monoisotopic (exact) mass is 219 g/mol. The topological polar surface area (TPSA) is 37.0 Å². The highest BCUT2D eigenvalue weighted by Crippen LogP contribution is 2.33. The van der Waals surface area contributed by atoms with Gasteiger partial charge in [-0.1, -0.05) is 18.9 Å². The first kappa shape index (κ1) is 11.2. The summed E-state index contributed by atoms with van der Waals surface area (Å²) in [6, 6.07) is 6.60. The molecule has 1 aliphatic rings. The second kappa shape index (κ2) is 5.19. The van der Waals surface area contributed by atoms with Crippen LogP contribution in [0.15, 0.2) is 18.2 Å². The lowest BCUT2D eigenvalue weighted by Gasteiger charge is -2.14. The lowest BCUT2D eigenvalue weighted by molar-refractivity contribution is 0.640. The van der Waals surface area contributed by atoms with Crippen molar-refractivity contribution in [1.82, 2.24) is 4.98 Å². The minimum absolute atomic E-state index is 0.525. The molecule has 1 aromatic rings. The Kier molecular flexibility index (Phi) is 3.65. The Labute approximate surface area is 97.7 Å².